The first-order valence-electron chi connectivity index (χ1n) is 6.36. The Morgan fingerprint density at radius 1 is 1.29 bits per heavy atom. The molecule has 0 aliphatic carbocycles. The average Bonchev–Trinajstić information content (AvgIpc) is 2.38. The Morgan fingerprint density at radius 3 is 2.71 bits per heavy atom. The van der Waals surface area contributed by atoms with Crippen molar-refractivity contribution in [3.63, 3.8) is 0 Å². The minimum atomic E-state index is -0.155. The van der Waals surface area contributed by atoms with Crippen molar-refractivity contribution in [2.45, 2.75) is 21.7 Å². The summed E-state index contributed by atoms with van der Waals surface area (Å²) in [6.45, 7) is 3.38. The van der Waals surface area contributed by atoms with Crippen LogP contribution in [0.3, 0.4) is 0 Å². The van der Waals surface area contributed by atoms with Gasteiger partial charge in [0.1, 0.15) is 0 Å². The van der Waals surface area contributed by atoms with Crippen molar-refractivity contribution in [3.05, 3.63) is 35.9 Å². The molecule has 0 radical (unpaired) electrons. The Hall–Kier alpha value is 0.329. The zero-order valence-corrected chi connectivity index (χ0v) is 14.6. The fourth-order valence-electron chi connectivity index (χ4n) is 1.84. The molecule has 0 saturated carbocycles. The standard InChI is InChI=1S/C10H14N.C4H9S.Sn/c1-9(8-11-2)10-6-4-3-5-7-10;1-3-5-4-2;/h3-7,9,11H,1,8H2,2H3;1,3-4H2,2H3;/q;;+2. The summed E-state index contributed by atoms with van der Waals surface area (Å²) in [5, 5.41) is 3.34. The van der Waals surface area contributed by atoms with Crippen LogP contribution in [-0.2, 0) is 0 Å². The molecule has 0 spiro atoms. The minimum absolute atomic E-state index is 0.155. The summed E-state index contributed by atoms with van der Waals surface area (Å²) >= 11 is 1.94. The van der Waals surface area contributed by atoms with Gasteiger partial charge in [0.25, 0.3) is 0 Å². The van der Waals surface area contributed by atoms with Gasteiger partial charge in [-0.25, -0.2) is 0 Å². The van der Waals surface area contributed by atoms with E-state index in [-0.39, 0.29) is 21.1 Å². The molecule has 1 aromatic carbocycles. The molecule has 1 aromatic rings. The molecule has 0 aliphatic rings. The van der Waals surface area contributed by atoms with E-state index in [1.165, 1.54) is 25.9 Å². The van der Waals surface area contributed by atoms with Gasteiger partial charge in [0.05, 0.1) is 0 Å². The number of hydrogen-bond acceptors (Lipinski definition) is 2. The van der Waals surface area contributed by atoms with Gasteiger partial charge in [-0.2, -0.15) is 0 Å². The van der Waals surface area contributed by atoms with Crippen LogP contribution in [0.2, 0.25) is 8.87 Å². The quantitative estimate of drug-likeness (QED) is 0.539. The van der Waals surface area contributed by atoms with Crippen molar-refractivity contribution in [1.82, 2.24) is 5.32 Å². The molecule has 1 rings (SSSR count). The molecule has 1 unspecified atom stereocenters. The molecule has 0 amide bonds. The van der Waals surface area contributed by atoms with Gasteiger partial charge >= 0.3 is 121 Å². The predicted octanol–water partition coefficient (Wildman–Crippen LogP) is 3.28. The van der Waals surface area contributed by atoms with E-state index in [1.807, 2.05) is 0 Å². The number of benzene rings is 1. The molecule has 0 saturated heterocycles. The van der Waals surface area contributed by atoms with Crippen molar-refractivity contribution in [2.24, 2.45) is 0 Å². The van der Waals surface area contributed by atoms with E-state index < -0.39 is 0 Å². The monoisotopic (exact) mass is 357 g/mol. The topological polar surface area (TPSA) is 12.0 Å². The summed E-state index contributed by atoms with van der Waals surface area (Å²) in [7, 11) is 2.06. The molecule has 0 aromatic heterocycles. The molecule has 1 N–H and O–H groups in total. The van der Waals surface area contributed by atoms with E-state index in [9.17, 15) is 0 Å². The van der Waals surface area contributed by atoms with Crippen LogP contribution in [0.5, 0.6) is 0 Å². The van der Waals surface area contributed by atoms with E-state index in [0.29, 0.717) is 0 Å². The fraction of sp³-hybridized carbons (Fsp3) is 0.571. The van der Waals surface area contributed by atoms with Crippen molar-refractivity contribution >= 4 is 32.9 Å². The molecule has 0 bridgehead atoms. The molecular weight excluding hydrogens is 333 g/mol. The van der Waals surface area contributed by atoms with Crippen LogP contribution in [-0.4, -0.2) is 46.2 Å². The number of thioether (sulfide) groups is 1. The third kappa shape index (κ3) is 6.72. The van der Waals surface area contributed by atoms with Crippen LogP contribution in [0.25, 0.3) is 0 Å². The second kappa shape index (κ2) is 10.3. The van der Waals surface area contributed by atoms with Crippen LogP contribution in [0.1, 0.15) is 18.4 Å². The van der Waals surface area contributed by atoms with E-state index in [2.05, 4.69) is 61.4 Å². The molecule has 3 heteroatoms. The Bertz CT molecular complexity index is 279. The Labute approximate surface area is 120 Å². The summed E-state index contributed by atoms with van der Waals surface area (Å²) < 4.78 is 2.99. The molecule has 0 fully saturated rings. The van der Waals surface area contributed by atoms with Gasteiger partial charge in [-0.3, -0.25) is 0 Å². The molecule has 0 heterocycles. The molecular formula is C14H23NSSn+2. The second-order valence-corrected chi connectivity index (χ2v) is 9.48. The normalized spacial score (nSPS) is 12.1. The molecule has 0 aliphatic heterocycles. The van der Waals surface area contributed by atoms with Crippen LogP contribution in [0, 0.1) is 0 Å². The summed E-state index contributed by atoms with van der Waals surface area (Å²) in [6.07, 6.45) is 0. The summed E-state index contributed by atoms with van der Waals surface area (Å²) in [5.41, 5.74) is 1.52. The number of likely N-dealkylation sites (N-methyl/N-ethyl adjacent to an activating group) is 1. The third-order valence-electron chi connectivity index (χ3n) is 2.74. The van der Waals surface area contributed by atoms with Crippen LogP contribution < -0.4 is 5.32 Å². The van der Waals surface area contributed by atoms with E-state index in [4.69, 9.17) is 0 Å². The zero-order chi connectivity index (χ0) is 12.3. The fourth-order valence-corrected chi connectivity index (χ4v) is 7.56. The van der Waals surface area contributed by atoms with Gasteiger partial charge in [-0.1, -0.05) is 0 Å². The summed E-state index contributed by atoms with van der Waals surface area (Å²) in [6, 6.07) is 11.0. The van der Waals surface area contributed by atoms with Crippen molar-refractivity contribution in [3.8, 4) is 0 Å². The molecule has 1 atom stereocenters. The van der Waals surface area contributed by atoms with Gasteiger partial charge in [0.2, 0.25) is 0 Å². The first-order chi connectivity index (χ1) is 8.38. The first kappa shape index (κ1) is 15.4. The number of nitrogens with one attached hydrogen (secondary N) is 1. The Kier molecular flexibility index (Phi) is 9.29. The van der Waals surface area contributed by atoms with Crippen LogP contribution >= 0.6 is 11.8 Å². The maximum atomic E-state index is 3.34. The van der Waals surface area contributed by atoms with E-state index >= 15 is 0 Å². The average molecular weight is 356 g/mol. The van der Waals surface area contributed by atoms with Crippen LogP contribution in [0.4, 0.5) is 0 Å². The summed E-state index contributed by atoms with van der Waals surface area (Å²) in [5.74, 6) is 3.42. The van der Waals surface area contributed by atoms with E-state index in [1.54, 1.807) is 0 Å². The van der Waals surface area contributed by atoms with E-state index in [0.717, 1.165) is 12.5 Å². The third-order valence-corrected chi connectivity index (χ3v) is 8.63. The van der Waals surface area contributed by atoms with Gasteiger partial charge in [-0.15, -0.1) is 0 Å². The van der Waals surface area contributed by atoms with Crippen molar-refractivity contribution in [1.29, 1.82) is 0 Å². The molecule has 92 valence electrons. The van der Waals surface area contributed by atoms with Gasteiger partial charge in [0, 0.05) is 0 Å². The molecule has 1 nitrogen and oxygen atoms in total. The first-order valence-corrected chi connectivity index (χ1v) is 11.6. The van der Waals surface area contributed by atoms with Gasteiger partial charge in [0.15, 0.2) is 0 Å². The van der Waals surface area contributed by atoms with Gasteiger partial charge < -0.3 is 0 Å². The zero-order valence-electron chi connectivity index (χ0n) is 10.9. The SMILES string of the molecule is CCSC[CH2][Sn+2][CH2]C(CNC)c1ccccc1. The summed E-state index contributed by atoms with van der Waals surface area (Å²) in [4.78, 5) is 0. The maximum absolute atomic E-state index is 3.34. The van der Waals surface area contributed by atoms with Crippen molar-refractivity contribution < 1.29 is 0 Å². The van der Waals surface area contributed by atoms with Gasteiger partial charge in [-0.05, 0) is 0 Å². The second-order valence-electron chi connectivity index (χ2n) is 4.07. The number of hydrogen-bond donors (Lipinski definition) is 1. The molecule has 17 heavy (non-hydrogen) atoms. The Balaban J connectivity index is 2.33. The number of rotatable bonds is 9. The van der Waals surface area contributed by atoms with Crippen molar-refractivity contribution in [2.75, 3.05) is 25.1 Å². The van der Waals surface area contributed by atoms with Crippen LogP contribution in [0.15, 0.2) is 30.3 Å². The predicted molar refractivity (Wildman–Crippen MR) is 81.5 cm³/mol. The Morgan fingerprint density at radius 2 is 2.06 bits per heavy atom.